The lowest BCUT2D eigenvalue weighted by Crippen LogP contribution is -2.13. The maximum absolute atomic E-state index is 12.7. The molecule has 0 spiro atoms. The molecule has 0 saturated heterocycles. The number of nitrogens with one attached hydrogen (secondary N) is 2. The number of anilines is 1. The summed E-state index contributed by atoms with van der Waals surface area (Å²) in [6.45, 7) is 2.20. The second kappa shape index (κ2) is 6.01. The lowest BCUT2D eigenvalue weighted by molar-refractivity contribution is 0.102. The molecule has 7 heteroatoms. The van der Waals surface area contributed by atoms with Crippen LogP contribution in [-0.4, -0.2) is 22.9 Å². The van der Waals surface area contributed by atoms with Crippen LogP contribution in [0.2, 0.25) is 0 Å². The molecule has 1 aromatic carbocycles. The number of carbonyl (C=O) groups is 1. The average molecular weight is 341 g/mol. The first-order chi connectivity index (χ1) is 11.8. The van der Waals surface area contributed by atoms with Crippen LogP contribution in [0, 0.1) is 0 Å². The molecule has 3 aromatic rings. The van der Waals surface area contributed by atoms with Gasteiger partial charge in [-0.15, -0.1) is 11.3 Å². The van der Waals surface area contributed by atoms with E-state index in [9.17, 15) is 4.79 Å². The van der Waals surface area contributed by atoms with E-state index in [-0.39, 0.29) is 12.7 Å². The number of H-pyrrole nitrogens is 1. The van der Waals surface area contributed by atoms with Crippen LogP contribution in [0.5, 0.6) is 11.5 Å². The summed E-state index contributed by atoms with van der Waals surface area (Å²) in [7, 11) is 0. The van der Waals surface area contributed by atoms with Crippen LogP contribution in [0.25, 0.3) is 10.6 Å². The standard InChI is InChI=1S/C17H15N3O3S/c1-2-11-15(16(20-19-11)14-4-3-7-24-14)18-17(21)10-5-6-12-13(8-10)23-9-22-12/h3-8H,2,9H2,1H3,(H,18,21)(H,19,20). The summed E-state index contributed by atoms with van der Waals surface area (Å²) < 4.78 is 10.6. The van der Waals surface area contributed by atoms with Gasteiger partial charge in [0.25, 0.3) is 5.91 Å². The molecule has 1 aliphatic heterocycles. The van der Waals surface area contributed by atoms with Gasteiger partial charge in [-0.1, -0.05) is 13.0 Å². The Kier molecular flexibility index (Phi) is 3.70. The lowest BCUT2D eigenvalue weighted by Gasteiger charge is -2.08. The Bertz CT molecular complexity index is 887. The van der Waals surface area contributed by atoms with Crippen LogP contribution >= 0.6 is 11.3 Å². The van der Waals surface area contributed by atoms with Gasteiger partial charge >= 0.3 is 0 Å². The van der Waals surface area contributed by atoms with E-state index in [1.807, 2.05) is 24.4 Å². The van der Waals surface area contributed by atoms with E-state index in [1.54, 1.807) is 29.5 Å². The molecule has 1 aliphatic rings. The number of nitrogens with zero attached hydrogens (tertiary/aromatic N) is 1. The van der Waals surface area contributed by atoms with Crippen molar-refractivity contribution in [3.63, 3.8) is 0 Å². The predicted molar refractivity (Wildman–Crippen MR) is 91.8 cm³/mol. The fraction of sp³-hybridized carbons (Fsp3) is 0.176. The first-order valence-electron chi connectivity index (χ1n) is 7.58. The number of hydrogen-bond acceptors (Lipinski definition) is 5. The highest BCUT2D eigenvalue weighted by Gasteiger charge is 2.20. The zero-order chi connectivity index (χ0) is 16.5. The van der Waals surface area contributed by atoms with Gasteiger partial charge in [-0.25, -0.2) is 0 Å². The number of carbonyl (C=O) groups excluding carboxylic acids is 1. The fourth-order valence-corrected chi connectivity index (χ4v) is 3.30. The number of aromatic nitrogens is 2. The Morgan fingerprint density at radius 1 is 1.33 bits per heavy atom. The first kappa shape index (κ1) is 14.8. The molecule has 0 bridgehead atoms. The second-order valence-corrected chi connectivity index (χ2v) is 6.23. The first-order valence-corrected chi connectivity index (χ1v) is 8.46. The number of aromatic amines is 1. The minimum absolute atomic E-state index is 0.185. The van der Waals surface area contributed by atoms with Crippen molar-refractivity contribution in [1.29, 1.82) is 0 Å². The summed E-state index contributed by atoms with van der Waals surface area (Å²) in [5, 5.41) is 12.3. The Balaban J connectivity index is 1.65. The molecular weight excluding hydrogens is 326 g/mol. The van der Waals surface area contributed by atoms with Crippen molar-refractivity contribution >= 4 is 22.9 Å². The number of thiophene rings is 1. The maximum Gasteiger partial charge on any atom is 0.255 e. The Labute approximate surface area is 142 Å². The summed E-state index contributed by atoms with van der Waals surface area (Å²) in [4.78, 5) is 13.7. The average Bonchev–Trinajstić information content (AvgIpc) is 3.33. The van der Waals surface area contributed by atoms with Crippen LogP contribution in [0.15, 0.2) is 35.7 Å². The minimum atomic E-state index is -0.206. The number of ether oxygens (including phenoxy) is 2. The van der Waals surface area contributed by atoms with Gasteiger partial charge < -0.3 is 14.8 Å². The molecule has 2 N–H and O–H groups in total. The fourth-order valence-electron chi connectivity index (χ4n) is 2.58. The van der Waals surface area contributed by atoms with E-state index in [4.69, 9.17) is 9.47 Å². The van der Waals surface area contributed by atoms with Gasteiger partial charge in [0, 0.05) is 5.56 Å². The molecule has 1 amide bonds. The molecule has 0 atom stereocenters. The summed E-state index contributed by atoms with van der Waals surface area (Å²) in [5.41, 5.74) is 2.89. The zero-order valence-electron chi connectivity index (χ0n) is 13.0. The largest absolute Gasteiger partial charge is 0.454 e. The number of hydrogen-bond donors (Lipinski definition) is 2. The smallest absolute Gasteiger partial charge is 0.255 e. The van der Waals surface area contributed by atoms with Gasteiger partial charge in [0.15, 0.2) is 11.5 Å². The van der Waals surface area contributed by atoms with Gasteiger partial charge in [0.1, 0.15) is 5.69 Å². The topological polar surface area (TPSA) is 76.2 Å². The molecule has 4 rings (SSSR count). The third kappa shape index (κ3) is 2.52. The van der Waals surface area contributed by atoms with E-state index in [0.717, 1.165) is 28.4 Å². The van der Waals surface area contributed by atoms with E-state index >= 15 is 0 Å². The normalized spacial score (nSPS) is 12.4. The van der Waals surface area contributed by atoms with Crippen molar-refractivity contribution in [2.75, 3.05) is 12.1 Å². The molecule has 2 aromatic heterocycles. The summed E-state index contributed by atoms with van der Waals surface area (Å²) in [5.74, 6) is 1.04. The van der Waals surface area contributed by atoms with Gasteiger partial charge in [0.2, 0.25) is 6.79 Å². The van der Waals surface area contributed by atoms with Gasteiger partial charge in [-0.2, -0.15) is 5.10 Å². The van der Waals surface area contributed by atoms with Gasteiger partial charge in [0.05, 0.1) is 16.3 Å². The molecule has 6 nitrogen and oxygen atoms in total. The lowest BCUT2D eigenvalue weighted by atomic mass is 10.1. The number of rotatable bonds is 4. The van der Waals surface area contributed by atoms with Crippen LogP contribution in [0.1, 0.15) is 23.0 Å². The van der Waals surface area contributed by atoms with Crippen LogP contribution in [0.3, 0.4) is 0 Å². The molecular formula is C17H15N3O3S. The Morgan fingerprint density at radius 2 is 2.21 bits per heavy atom. The van der Waals surface area contributed by atoms with Crippen LogP contribution < -0.4 is 14.8 Å². The highest BCUT2D eigenvalue weighted by molar-refractivity contribution is 7.13. The molecule has 0 fully saturated rings. The number of aryl methyl sites for hydroxylation is 1. The number of fused-ring (bicyclic) bond motifs is 1. The molecule has 0 aliphatic carbocycles. The third-order valence-electron chi connectivity index (χ3n) is 3.82. The summed E-state index contributed by atoms with van der Waals surface area (Å²) in [6, 6.07) is 9.10. The quantitative estimate of drug-likeness (QED) is 0.759. The number of benzene rings is 1. The minimum Gasteiger partial charge on any atom is -0.454 e. The molecule has 0 unspecified atom stereocenters. The molecule has 24 heavy (non-hydrogen) atoms. The van der Waals surface area contributed by atoms with E-state index in [0.29, 0.717) is 17.1 Å². The third-order valence-corrected chi connectivity index (χ3v) is 4.70. The molecule has 3 heterocycles. The van der Waals surface area contributed by atoms with E-state index in [1.165, 1.54) is 0 Å². The summed E-state index contributed by atoms with van der Waals surface area (Å²) >= 11 is 1.58. The second-order valence-electron chi connectivity index (χ2n) is 5.28. The van der Waals surface area contributed by atoms with Crippen molar-refractivity contribution < 1.29 is 14.3 Å². The van der Waals surface area contributed by atoms with Crippen LogP contribution in [0.4, 0.5) is 5.69 Å². The SMILES string of the molecule is CCc1[nH]nc(-c2cccs2)c1NC(=O)c1ccc2c(c1)OCO2. The zero-order valence-corrected chi connectivity index (χ0v) is 13.8. The monoisotopic (exact) mass is 341 g/mol. The molecule has 0 saturated carbocycles. The van der Waals surface area contributed by atoms with Crippen molar-refractivity contribution in [1.82, 2.24) is 10.2 Å². The van der Waals surface area contributed by atoms with E-state index < -0.39 is 0 Å². The highest BCUT2D eigenvalue weighted by atomic mass is 32.1. The van der Waals surface area contributed by atoms with E-state index in [2.05, 4.69) is 15.5 Å². The highest BCUT2D eigenvalue weighted by Crippen LogP contribution is 2.34. The summed E-state index contributed by atoms with van der Waals surface area (Å²) in [6.07, 6.45) is 0.745. The van der Waals surface area contributed by atoms with Gasteiger partial charge in [-0.3, -0.25) is 9.89 Å². The number of amides is 1. The maximum atomic E-state index is 12.7. The Morgan fingerprint density at radius 3 is 3.00 bits per heavy atom. The molecule has 0 radical (unpaired) electrons. The van der Waals surface area contributed by atoms with Gasteiger partial charge in [-0.05, 0) is 36.1 Å². The van der Waals surface area contributed by atoms with Crippen molar-refractivity contribution in [2.45, 2.75) is 13.3 Å². The Hall–Kier alpha value is -2.80. The molecule has 122 valence electrons. The predicted octanol–water partition coefficient (Wildman–Crippen LogP) is 3.68. The van der Waals surface area contributed by atoms with Crippen LogP contribution in [-0.2, 0) is 6.42 Å². The van der Waals surface area contributed by atoms with Crippen molar-refractivity contribution in [3.8, 4) is 22.1 Å². The van der Waals surface area contributed by atoms with Crippen molar-refractivity contribution in [2.24, 2.45) is 0 Å². The van der Waals surface area contributed by atoms with Crippen molar-refractivity contribution in [3.05, 3.63) is 47.0 Å².